The van der Waals surface area contributed by atoms with Gasteiger partial charge in [-0.3, -0.25) is 4.40 Å². The molecule has 2 rings (SSSR count). The number of imidazole rings is 1. The Kier molecular flexibility index (Phi) is 5.01. The number of hydrogen-bond donors (Lipinski definition) is 1. The summed E-state index contributed by atoms with van der Waals surface area (Å²) in [4.78, 5) is 7.01. The fraction of sp³-hybridized carbons (Fsp3) is 0.562. The Hall–Kier alpha value is -1.55. The molecule has 1 N–H and O–H groups in total. The Labute approximate surface area is 121 Å². The van der Waals surface area contributed by atoms with Crippen molar-refractivity contribution in [1.29, 1.82) is 0 Å². The first kappa shape index (κ1) is 14.9. The summed E-state index contributed by atoms with van der Waals surface area (Å²) in [5.41, 5.74) is 1.78. The van der Waals surface area contributed by atoms with Crippen LogP contribution in [0.5, 0.6) is 0 Å². The lowest BCUT2D eigenvalue weighted by atomic mass is 10.2. The Morgan fingerprint density at radius 3 is 2.75 bits per heavy atom. The van der Waals surface area contributed by atoms with E-state index in [0.29, 0.717) is 6.04 Å². The van der Waals surface area contributed by atoms with Crippen LogP contribution in [0.25, 0.3) is 5.65 Å². The number of rotatable bonds is 7. The smallest absolute Gasteiger partial charge is 0.153 e. The Morgan fingerprint density at radius 2 is 2.10 bits per heavy atom. The maximum Gasteiger partial charge on any atom is 0.153 e. The summed E-state index contributed by atoms with van der Waals surface area (Å²) >= 11 is 0. The molecule has 0 bridgehead atoms. The zero-order valence-corrected chi connectivity index (χ0v) is 12.7. The van der Waals surface area contributed by atoms with Crippen LogP contribution in [0.15, 0.2) is 24.4 Å². The molecule has 0 unspecified atom stereocenters. The number of pyridine rings is 1. The van der Waals surface area contributed by atoms with Crippen LogP contribution in [0.2, 0.25) is 0 Å². The topological polar surface area (TPSA) is 40.8 Å². The van der Waals surface area contributed by atoms with Gasteiger partial charge in [-0.05, 0) is 32.4 Å². The molecule has 0 radical (unpaired) electrons. The second-order valence-electron chi connectivity index (χ2n) is 5.46. The second-order valence-corrected chi connectivity index (χ2v) is 5.46. The van der Waals surface area contributed by atoms with E-state index in [1.54, 1.807) is 0 Å². The molecule has 20 heavy (non-hydrogen) atoms. The zero-order chi connectivity index (χ0) is 14.5. The summed E-state index contributed by atoms with van der Waals surface area (Å²) in [6.07, 6.45) is 5.56. The van der Waals surface area contributed by atoms with Crippen LogP contribution in [0.3, 0.4) is 0 Å². The van der Waals surface area contributed by atoms with Gasteiger partial charge in [0.2, 0.25) is 0 Å². The van der Waals surface area contributed by atoms with Gasteiger partial charge in [0.1, 0.15) is 5.65 Å². The van der Waals surface area contributed by atoms with Crippen LogP contribution in [0.1, 0.15) is 45.7 Å². The number of fused-ring (bicyclic) bond motifs is 1. The first-order valence-electron chi connectivity index (χ1n) is 7.52. The van der Waals surface area contributed by atoms with Gasteiger partial charge in [0, 0.05) is 18.8 Å². The normalized spacial score (nSPS) is 11.4. The highest BCUT2D eigenvalue weighted by Crippen LogP contribution is 2.24. The van der Waals surface area contributed by atoms with Crippen molar-refractivity contribution in [2.45, 2.75) is 52.7 Å². The van der Waals surface area contributed by atoms with Crippen LogP contribution in [0.4, 0.5) is 5.82 Å². The van der Waals surface area contributed by atoms with Crippen molar-refractivity contribution >= 4 is 11.5 Å². The van der Waals surface area contributed by atoms with Crippen LogP contribution in [-0.4, -0.2) is 27.1 Å². The molecule has 0 fully saturated rings. The fourth-order valence-electron chi connectivity index (χ4n) is 2.55. The minimum atomic E-state index is 0.0114. The number of nitrogens with zero attached hydrogens (tertiary/aromatic N) is 3. The van der Waals surface area contributed by atoms with Crippen LogP contribution in [0, 0.1) is 0 Å². The summed E-state index contributed by atoms with van der Waals surface area (Å²) in [6.45, 7) is 7.57. The van der Waals surface area contributed by atoms with Crippen molar-refractivity contribution in [2.24, 2.45) is 0 Å². The van der Waals surface area contributed by atoms with Gasteiger partial charge < -0.3 is 10.0 Å². The minimum Gasteiger partial charge on any atom is -0.390 e. The molecule has 0 saturated heterocycles. The third-order valence-corrected chi connectivity index (χ3v) is 3.66. The highest BCUT2D eigenvalue weighted by Gasteiger charge is 2.19. The molecular weight excluding hydrogens is 250 g/mol. The molecule has 0 aliphatic heterocycles. The van der Waals surface area contributed by atoms with Gasteiger partial charge in [0.05, 0.1) is 12.3 Å². The molecule has 2 aromatic heterocycles. The van der Waals surface area contributed by atoms with Crippen molar-refractivity contribution in [1.82, 2.24) is 9.38 Å². The Morgan fingerprint density at radius 1 is 1.30 bits per heavy atom. The largest absolute Gasteiger partial charge is 0.390 e. The number of aliphatic hydroxyl groups excluding tert-OH is 1. The van der Waals surface area contributed by atoms with E-state index in [4.69, 9.17) is 4.98 Å². The molecule has 4 nitrogen and oxygen atoms in total. The number of aliphatic hydroxyl groups is 1. The van der Waals surface area contributed by atoms with Gasteiger partial charge in [-0.25, -0.2) is 4.98 Å². The lowest BCUT2D eigenvalue weighted by Gasteiger charge is -2.27. The van der Waals surface area contributed by atoms with Gasteiger partial charge >= 0.3 is 0 Å². The van der Waals surface area contributed by atoms with Gasteiger partial charge in [-0.1, -0.05) is 25.8 Å². The SMILES string of the molecule is CCCCCN(c1nc2ccccn2c1CO)C(C)C. The number of aromatic nitrogens is 2. The highest BCUT2D eigenvalue weighted by molar-refractivity contribution is 5.56. The average Bonchev–Trinajstić information content (AvgIpc) is 2.81. The van der Waals surface area contributed by atoms with Crippen LogP contribution < -0.4 is 4.90 Å². The molecular formula is C16H25N3O. The monoisotopic (exact) mass is 275 g/mol. The average molecular weight is 275 g/mol. The summed E-state index contributed by atoms with van der Waals surface area (Å²) in [7, 11) is 0. The summed E-state index contributed by atoms with van der Waals surface area (Å²) < 4.78 is 1.98. The molecule has 110 valence electrons. The van der Waals surface area contributed by atoms with E-state index in [0.717, 1.165) is 30.1 Å². The zero-order valence-electron chi connectivity index (χ0n) is 12.7. The summed E-state index contributed by atoms with van der Waals surface area (Å²) in [5, 5.41) is 9.72. The number of anilines is 1. The van der Waals surface area contributed by atoms with E-state index in [-0.39, 0.29) is 6.61 Å². The van der Waals surface area contributed by atoms with Crippen molar-refractivity contribution in [3.8, 4) is 0 Å². The second kappa shape index (κ2) is 6.75. The van der Waals surface area contributed by atoms with Gasteiger partial charge in [-0.2, -0.15) is 0 Å². The molecule has 0 aromatic carbocycles. The first-order chi connectivity index (χ1) is 9.69. The Balaban J connectivity index is 2.36. The van der Waals surface area contributed by atoms with Gasteiger partial charge in [0.15, 0.2) is 5.82 Å². The molecule has 0 aliphatic rings. The maximum atomic E-state index is 9.72. The molecule has 2 aromatic rings. The molecule has 0 amide bonds. The Bertz CT molecular complexity index is 548. The maximum absolute atomic E-state index is 9.72. The van der Waals surface area contributed by atoms with Crippen molar-refractivity contribution in [2.75, 3.05) is 11.4 Å². The van der Waals surface area contributed by atoms with Crippen molar-refractivity contribution < 1.29 is 5.11 Å². The predicted octanol–water partition coefficient (Wildman–Crippen LogP) is 3.23. The highest BCUT2D eigenvalue weighted by atomic mass is 16.3. The van der Waals surface area contributed by atoms with E-state index in [1.807, 2.05) is 28.8 Å². The minimum absolute atomic E-state index is 0.0114. The first-order valence-corrected chi connectivity index (χ1v) is 7.52. The third-order valence-electron chi connectivity index (χ3n) is 3.66. The standard InChI is InChI=1S/C16H25N3O/c1-4-5-7-10-18(13(2)3)16-14(12-20)19-11-8-6-9-15(19)17-16/h6,8-9,11,13,20H,4-5,7,10,12H2,1-3H3. The number of hydrogen-bond acceptors (Lipinski definition) is 3. The van der Waals surface area contributed by atoms with Crippen molar-refractivity contribution in [3.05, 3.63) is 30.1 Å². The van der Waals surface area contributed by atoms with Crippen LogP contribution >= 0.6 is 0 Å². The summed E-state index contributed by atoms with van der Waals surface area (Å²) in [6, 6.07) is 6.30. The van der Waals surface area contributed by atoms with E-state index in [1.165, 1.54) is 12.8 Å². The molecule has 0 spiro atoms. The number of unbranched alkanes of at least 4 members (excludes halogenated alkanes) is 2. The molecule has 0 saturated carbocycles. The summed E-state index contributed by atoms with van der Waals surface area (Å²) in [5.74, 6) is 0.921. The molecule has 0 aliphatic carbocycles. The third kappa shape index (κ3) is 2.96. The van der Waals surface area contributed by atoms with E-state index >= 15 is 0 Å². The van der Waals surface area contributed by atoms with Gasteiger partial charge in [0.25, 0.3) is 0 Å². The van der Waals surface area contributed by atoms with Gasteiger partial charge in [-0.15, -0.1) is 0 Å². The molecule has 4 heteroatoms. The predicted molar refractivity (Wildman–Crippen MR) is 83.1 cm³/mol. The van der Waals surface area contributed by atoms with E-state index in [9.17, 15) is 5.11 Å². The molecule has 0 atom stereocenters. The quantitative estimate of drug-likeness (QED) is 0.789. The lowest BCUT2D eigenvalue weighted by Crippen LogP contribution is -2.33. The fourth-order valence-corrected chi connectivity index (χ4v) is 2.55. The van der Waals surface area contributed by atoms with E-state index < -0.39 is 0 Å². The van der Waals surface area contributed by atoms with E-state index in [2.05, 4.69) is 25.7 Å². The van der Waals surface area contributed by atoms with Crippen LogP contribution in [-0.2, 0) is 6.61 Å². The lowest BCUT2D eigenvalue weighted by molar-refractivity contribution is 0.276. The molecule has 2 heterocycles. The van der Waals surface area contributed by atoms with Crippen molar-refractivity contribution in [3.63, 3.8) is 0 Å².